The highest BCUT2D eigenvalue weighted by atomic mass is 16.5. The maximum absolute atomic E-state index is 10.9. The largest absolute Gasteiger partial charge is 0.493 e. The van der Waals surface area contributed by atoms with Gasteiger partial charge in [0.1, 0.15) is 11.3 Å². The molecule has 1 aromatic carbocycles. The van der Waals surface area contributed by atoms with Crippen LogP contribution in [0.1, 0.15) is 74.7 Å². The molecule has 0 aromatic heterocycles. The number of rotatable bonds is 12. The van der Waals surface area contributed by atoms with Crippen LogP contribution in [0.5, 0.6) is 5.75 Å². The van der Waals surface area contributed by atoms with Gasteiger partial charge in [0, 0.05) is 12.8 Å². The van der Waals surface area contributed by atoms with E-state index in [0.717, 1.165) is 31.2 Å². The Morgan fingerprint density at radius 1 is 0.852 bits per heavy atom. The summed E-state index contributed by atoms with van der Waals surface area (Å²) in [5.41, 5.74) is 1.18. The van der Waals surface area contributed by atoms with E-state index in [2.05, 4.69) is 0 Å². The highest BCUT2D eigenvalue weighted by Crippen LogP contribution is 2.24. The first kappa shape index (κ1) is 24.4. The van der Waals surface area contributed by atoms with Gasteiger partial charge in [0.2, 0.25) is 0 Å². The van der Waals surface area contributed by atoms with Crippen LogP contribution < -0.4 is 4.74 Å². The van der Waals surface area contributed by atoms with Crippen molar-refractivity contribution in [3.8, 4) is 5.75 Å². The molecule has 1 aromatic rings. The van der Waals surface area contributed by atoms with E-state index in [4.69, 9.17) is 20.1 Å². The number of carboxylic acids is 3. The van der Waals surface area contributed by atoms with Crippen LogP contribution in [0.4, 0.5) is 0 Å². The van der Waals surface area contributed by atoms with Crippen molar-refractivity contribution in [3.63, 3.8) is 0 Å². The van der Waals surface area contributed by atoms with Crippen molar-refractivity contribution in [2.24, 2.45) is 0 Å². The molecule has 7 heteroatoms. The summed E-state index contributed by atoms with van der Waals surface area (Å²) in [6.07, 6.45) is 5.30. The molecule has 0 aliphatic rings. The molecule has 1 rings (SSSR count). The SMILES string of the molecule is CCOc1c(CC)cccc1C(=O)O.O=C(O)CCCCCCCC(=O)O. The first-order chi connectivity index (χ1) is 12.8. The van der Waals surface area contributed by atoms with Crippen LogP contribution in [0.15, 0.2) is 18.2 Å². The van der Waals surface area contributed by atoms with Gasteiger partial charge in [-0.1, -0.05) is 38.3 Å². The number of aryl methyl sites for hydroxylation is 1. The number of carbonyl (C=O) groups is 3. The lowest BCUT2D eigenvalue weighted by Crippen LogP contribution is -2.05. The third kappa shape index (κ3) is 11.6. The summed E-state index contributed by atoms with van der Waals surface area (Å²) in [4.78, 5) is 31.1. The quantitative estimate of drug-likeness (QED) is 0.462. The summed E-state index contributed by atoms with van der Waals surface area (Å²) in [7, 11) is 0. The Kier molecular flexibility index (Phi) is 13.2. The van der Waals surface area contributed by atoms with Crippen molar-refractivity contribution in [1.82, 2.24) is 0 Å². The molecule has 0 spiro atoms. The lowest BCUT2D eigenvalue weighted by molar-refractivity contribution is -0.138. The minimum Gasteiger partial charge on any atom is -0.493 e. The third-order valence-electron chi connectivity index (χ3n) is 3.78. The van der Waals surface area contributed by atoms with Crippen molar-refractivity contribution in [1.29, 1.82) is 0 Å². The van der Waals surface area contributed by atoms with Gasteiger partial charge in [0.15, 0.2) is 0 Å². The van der Waals surface area contributed by atoms with Crippen LogP contribution in [-0.2, 0) is 16.0 Å². The summed E-state index contributed by atoms with van der Waals surface area (Å²) in [5.74, 6) is -1.95. The van der Waals surface area contributed by atoms with Gasteiger partial charge in [0.05, 0.1) is 6.61 Å². The lowest BCUT2D eigenvalue weighted by atomic mass is 10.1. The number of hydrogen-bond donors (Lipinski definition) is 3. The van der Waals surface area contributed by atoms with E-state index < -0.39 is 17.9 Å². The number of carboxylic acid groups (broad SMARTS) is 3. The average molecular weight is 382 g/mol. The van der Waals surface area contributed by atoms with E-state index in [1.54, 1.807) is 12.1 Å². The molecule has 0 saturated heterocycles. The maximum Gasteiger partial charge on any atom is 0.339 e. The molecule has 0 amide bonds. The molecule has 27 heavy (non-hydrogen) atoms. The van der Waals surface area contributed by atoms with Gasteiger partial charge in [-0.2, -0.15) is 0 Å². The molecular weight excluding hydrogens is 352 g/mol. The predicted molar refractivity (Wildman–Crippen MR) is 102 cm³/mol. The topological polar surface area (TPSA) is 121 Å². The average Bonchev–Trinajstić information content (AvgIpc) is 2.61. The predicted octanol–water partition coefficient (Wildman–Crippen LogP) is 4.23. The standard InChI is InChI=1S/C11H14O3.C9H16O4/c1-3-8-6-5-7-9(11(12)13)10(8)14-4-2;10-8(11)6-4-2-1-3-5-7-9(12)13/h5-7H,3-4H2,1-2H3,(H,12,13);1-7H2,(H,10,11)(H,12,13). The summed E-state index contributed by atoms with van der Waals surface area (Å²) in [6, 6.07) is 5.19. The maximum atomic E-state index is 10.9. The van der Waals surface area contributed by atoms with Crippen molar-refractivity contribution in [3.05, 3.63) is 29.3 Å². The second kappa shape index (κ2) is 14.6. The number of aromatic carboxylic acids is 1. The van der Waals surface area contributed by atoms with Crippen LogP contribution in [0.2, 0.25) is 0 Å². The Morgan fingerprint density at radius 2 is 1.37 bits per heavy atom. The van der Waals surface area contributed by atoms with Gasteiger partial charge < -0.3 is 20.1 Å². The highest BCUT2D eigenvalue weighted by molar-refractivity contribution is 5.91. The van der Waals surface area contributed by atoms with E-state index in [9.17, 15) is 14.4 Å². The van der Waals surface area contributed by atoms with Crippen molar-refractivity contribution >= 4 is 17.9 Å². The van der Waals surface area contributed by atoms with Crippen LogP contribution in [0.3, 0.4) is 0 Å². The third-order valence-corrected chi connectivity index (χ3v) is 3.78. The fraction of sp³-hybridized carbons (Fsp3) is 0.550. The van der Waals surface area contributed by atoms with E-state index >= 15 is 0 Å². The van der Waals surface area contributed by atoms with E-state index in [0.29, 0.717) is 25.2 Å². The van der Waals surface area contributed by atoms with E-state index in [1.165, 1.54) is 0 Å². The summed E-state index contributed by atoms with van der Waals surface area (Å²) >= 11 is 0. The van der Waals surface area contributed by atoms with Gasteiger partial charge in [-0.15, -0.1) is 0 Å². The Bertz CT molecular complexity index is 578. The molecule has 0 bridgehead atoms. The summed E-state index contributed by atoms with van der Waals surface area (Å²) < 4.78 is 5.34. The fourth-order valence-corrected chi connectivity index (χ4v) is 2.43. The fourth-order valence-electron chi connectivity index (χ4n) is 2.43. The second-order valence-electron chi connectivity index (χ2n) is 5.94. The Balaban J connectivity index is 0.000000503. The number of para-hydroxylation sites is 1. The minimum absolute atomic E-state index is 0.221. The smallest absolute Gasteiger partial charge is 0.339 e. The van der Waals surface area contributed by atoms with E-state index in [-0.39, 0.29) is 18.4 Å². The molecule has 0 heterocycles. The molecule has 0 unspecified atom stereocenters. The normalized spacial score (nSPS) is 9.85. The van der Waals surface area contributed by atoms with Gasteiger partial charge in [0.25, 0.3) is 0 Å². The molecule has 0 saturated carbocycles. The lowest BCUT2D eigenvalue weighted by Gasteiger charge is -2.11. The highest BCUT2D eigenvalue weighted by Gasteiger charge is 2.13. The molecule has 0 fully saturated rings. The van der Waals surface area contributed by atoms with Crippen molar-refractivity contribution in [2.45, 2.75) is 65.2 Å². The molecule has 0 atom stereocenters. The zero-order valence-corrected chi connectivity index (χ0v) is 16.1. The van der Waals surface area contributed by atoms with Crippen LogP contribution >= 0.6 is 0 Å². The Hall–Kier alpha value is -2.57. The Morgan fingerprint density at radius 3 is 1.78 bits per heavy atom. The van der Waals surface area contributed by atoms with Gasteiger partial charge >= 0.3 is 17.9 Å². The molecule has 3 N–H and O–H groups in total. The van der Waals surface area contributed by atoms with Crippen molar-refractivity contribution in [2.75, 3.05) is 6.61 Å². The zero-order valence-electron chi connectivity index (χ0n) is 16.1. The first-order valence-corrected chi connectivity index (χ1v) is 9.24. The number of ether oxygens (including phenoxy) is 1. The second-order valence-corrected chi connectivity index (χ2v) is 5.94. The molecule has 0 aliphatic carbocycles. The number of benzene rings is 1. The molecule has 0 radical (unpaired) electrons. The van der Waals surface area contributed by atoms with Crippen molar-refractivity contribution < 1.29 is 34.4 Å². The van der Waals surface area contributed by atoms with Gasteiger partial charge in [-0.05, 0) is 37.8 Å². The van der Waals surface area contributed by atoms with Gasteiger partial charge in [-0.25, -0.2) is 4.79 Å². The number of aliphatic carboxylic acids is 2. The molecule has 7 nitrogen and oxygen atoms in total. The minimum atomic E-state index is -0.941. The first-order valence-electron chi connectivity index (χ1n) is 9.24. The molecular formula is C20H30O7. The number of hydrogen-bond acceptors (Lipinski definition) is 4. The number of unbranched alkanes of at least 4 members (excludes halogenated alkanes) is 4. The summed E-state index contributed by atoms with van der Waals surface area (Å²) in [6.45, 7) is 4.30. The molecule has 152 valence electrons. The Labute approximate surface area is 160 Å². The van der Waals surface area contributed by atoms with E-state index in [1.807, 2.05) is 19.9 Å². The zero-order chi connectivity index (χ0) is 20.7. The van der Waals surface area contributed by atoms with Crippen LogP contribution in [0.25, 0.3) is 0 Å². The van der Waals surface area contributed by atoms with Gasteiger partial charge in [-0.3, -0.25) is 9.59 Å². The van der Waals surface area contributed by atoms with Crippen LogP contribution in [0, 0.1) is 0 Å². The van der Waals surface area contributed by atoms with Crippen LogP contribution in [-0.4, -0.2) is 39.8 Å². The monoisotopic (exact) mass is 382 g/mol. The summed E-state index contributed by atoms with van der Waals surface area (Å²) in [5, 5.41) is 25.6. The molecule has 0 aliphatic heterocycles.